The van der Waals surface area contributed by atoms with Gasteiger partial charge in [-0.05, 0) is 49.2 Å². The summed E-state index contributed by atoms with van der Waals surface area (Å²) in [7, 11) is -2.51. The molecule has 0 aliphatic carbocycles. The Morgan fingerprint density at radius 2 is 1.78 bits per heavy atom. The smallest absolute Gasteiger partial charge is 0.244 e. The highest BCUT2D eigenvalue weighted by Crippen LogP contribution is 2.26. The molecule has 0 aliphatic rings. The van der Waals surface area contributed by atoms with Crippen molar-refractivity contribution in [3.8, 4) is 5.75 Å². The first-order valence-corrected chi connectivity index (χ1v) is 8.35. The molecule has 2 rings (SSSR count). The Balaban J connectivity index is 2.34. The van der Waals surface area contributed by atoms with E-state index in [9.17, 15) is 17.2 Å². The minimum atomic E-state index is -3.89. The fourth-order valence-corrected chi connectivity index (χ4v) is 3.63. The molecule has 0 unspecified atom stereocenters. The van der Waals surface area contributed by atoms with E-state index in [1.54, 1.807) is 26.0 Å². The number of hydrogen-bond donors (Lipinski definition) is 1. The second-order valence-corrected chi connectivity index (χ2v) is 6.85. The van der Waals surface area contributed by atoms with Gasteiger partial charge in [-0.2, -0.15) is 0 Å². The van der Waals surface area contributed by atoms with Gasteiger partial charge in [-0.1, -0.05) is 12.1 Å². The molecule has 0 saturated carbocycles. The van der Waals surface area contributed by atoms with Crippen molar-refractivity contribution in [2.24, 2.45) is 0 Å². The summed E-state index contributed by atoms with van der Waals surface area (Å²) in [5.41, 5.74) is 1.07. The van der Waals surface area contributed by atoms with E-state index in [2.05, 4.69) is 4.72 Å². The monoisotopic (exact) mass is 341 g/mol. The van der Waals surface area contributed by atoms with E-state index >= 15 is 0 Å². The molecule has 2 aromatic carbocycles. The van der Waals surface area contributed by atoms with Gasteiger partial charge in [0.25, 0.3) is 0 Å². The van der Waals surface area contributed by atoms with Crippen LogP contribution in [-0.4, -0.2) is 15.5 Å². The quantitative estimate of drug-likeness (QED) is 0.908. The van der Waals surface area contributed by atoms with Crippen molar-refractivity contribution in [2.45, 2.75) is 24.8 Å². The zero-order valence-electron chi connectivity index (χ0n) is 12.9. The van der Waals surface area contributed by atoms with E-state index in [1.807, 2.05) is 0 Å². The van der Waals surface area contributed by atoms with Gasteiger partial charge >= 0.3 is 0 Å². The second kappa shape index (κ2) is 6.64. The highest BCUT2D eigenvalue weighted by molar-refractivity contribution is 7.89. The third-order valence-corrected chi connectivity index (χ3v) is 4.95. The molecule has 124 valence electrons. The fraction of sp³-hybridized carbons (Fsp3) is 0.250. The molecule has 2 aromatic rings. The summed E-state index contributed by atoms with van der Waals surface area (Å²) < 4.78 is 58.9. The maximum Gasteiger partial charge on any atom is 0.244 e. The van der Waals surface area contributed by atoms with Crippen LogP contribution in [0.5, 0.6) is 5.75 Å². The molecule has 0 aliphatic heterocycles. The van der Waals surface area contributed by atoms with Crippen molar-refractivity contribution in [3.05, 3.63) is 59.2 Å². The lowest BCUT2D eigenvalue weighted by molar-refractivity contribution is 0.402. The zero-order valence-corrected chi connectivity index (χ0v) is 13.7. The van der Waals surface area contributed by atoms with Crippen molar-refractivity contribution in [2.75, 3.05) is 7.11 Å². The average Bonchev–Trinajstić information content (AvgIpc) is 2.49. The number of rotatable bonds is 5. The Bertz CT molecular complexity index is 822. The minimum Gasteiger partial charge on any atom is -0.495 e. The SMILES string of the molecule is COc1ccc(C)cc1S(=O)(=O)N[C@@H](C)c1ccc(F)c(F)c1. The number of benzene rings is 2. The number of aryl methyl sites for hydroxylation is 1. The molecule has 4 nitrogen and oxygen atoms in total. The van der Waals surface area contributed by atoms with E-state index in [0.29, 0.717) is 5.56 Å². The number of ether oxygens (including phenoxy) is 1. The Labute approximate surface area is 134 Å². The third kappa shape index (κ3) is 3.86. The maximum absolute atomic E-state index is 13.3. The summed E-state index contributed by atoms with van der Waals surface area (Å²) in [4.78, 5) is -0.00515. The number of methoxy groups -OCH3 is 1. The van der Waals surface area contributed by atoms with E-state index in [0.717, 1.165) is 17.7 Å². The number of hydrogen-bond acceptors (Lipinski definition) is 3. The Hall–Kier alpha value is -1.99. The molecule has 0 fully saturated rings. The summed E-state index contributed by atoms with van der Waals surface area (Å²) in [6, 6.07) is 7.31. The first kappa shape index (κ1) is 17.4. The molecule has 0 heterocycles. The van der Waals surface area contributed by atoms with E-state index in [-0.39, 0.29) is 10.6 Å². The number of sulfonamides is 1. The van der Waals surface area contributed by atoms with Crippen LogP contribution < -0.4 is 9.46 Å². The summed E-state index contributed by atoms with van der Waals surface area (Å²) >= 11 is 0. The molecule has 0 spiro atoms. The van der Waals surface area contributed by atoms with Crippen LogP contribution in [0.15, 0.2) is 41.3 Å². The maximum atomic E-state index is 13.3. The van der Waals surface area contributed by atoms with Crippen molar-refractivity contribution < 1.29 is 21.9 Å². The van der Waals surface area contributed by atoms with Gasteiger partial charge in [-0.3, -0.25) is 0 Å². The molecule has 0 saturated heterocycles. The normalized spacial score (nSPS) is 12.9. The summed E-state index contributed by atoms with van der Waals surface area (Å²) in [6.45, 7) is 3.31. The average molecular weight is 341 g/mol. The highest BCUT2D eigenvalue weighted by atomic mass is 32.2. The van der Waals surface area contributed by atoms with Gasteiger partial charge in [-0.25, -0.2) is 21.9 Å². The largest absolute Gasteiger partial charge is 0.495 e. The summed E-state index contributed by atoms with van der Waals surface area (Å²) in [5.74, 6) is -1.80. The van der Waals surface area contributed by atoms with Crippen molar-refractivity contribution >= 4 is 10.0 Å². The van der Waals surface area contributed by atoms with Gasteiger partial charge in [0.1, 0.15) is 10.6 Å². The van der Waals surface area contributed by atoms with E-state index < -0.39 is 27.7 Å². The van der Waals surface area contributed by atoms with Gasteiger partial charge in [0.2, 0.25) is 10.0 Å². The molecule has 0 amide bonds. The van der Waals surface area contributed by atoms with Gasteiger partial charge in [-0.15, -0.1) is 0 Å². The van der Waals surface area contributed by atoms with Crippen molar-refractivity contribution in [1.82, 2.24) is 4.72 Å². The molecule has 1 atom stereocenters. The third-order valence-electron chi connectivity index (χ3n) is 3.38. The molecular weight excluding hydrogens is 324 g/mol. The van der Waals surface area contributed by atoms with Crippen LogP contribution in [-0.2, 0) is 10.0 Å². The first-order valence-electron chi connectivity index (χ1n) is 6.86. The topological polar surface area (TPSA) is 55.4 Å². The molecule has 7 heteroatoms. The molecular formula is C16H17F2NO3S. The lowest BCUT2D eigenvalue weighted by Gasteiger charge is -2.17. The molecule has 0 aromatic heterocycles. The number of halogens is 2. The Morgan fingerprint density at radius 1 is 1.09 bits per heavy atom. The number of nitrogens with one attached hydrogen (secondary N) is 1. The molecule has 1 N–H and O–H groups in total. The van der Waals surface area contributed by atoms with Crippen molar-refractivity contribution in [1.29, 1.82) is 0 Å². The van der Waals surface area contributed by atoms with E-state index in [4.69, 9.17) is 4.74 Å². The van der Waals surface area contributed by atoms with Crippen LogP contribution in [0.3, 0.4) is 0 Å². The van der Waals surface area contributed by atoms with Crippen LogP contribution in [0.1, 0.15) is 24.1 Å². The first-order chi connectivity index (χ1) is 10.7. The molecule has 0 bridgehead atoms. The lowest BCUT2D eigenvalue weighted by Crippen LogP contribution is -2.27. The van der Waals surface area contributed by atoms with Crippen LogP contribution in [0.2, 0.25) is 0 Å². The Kier molecular flexibility index (Phi) is 5.01. The van der Waals surface area contributed by atoms with E-state index in [1.165, 1.54) is 19.2 Å². The standard InChI is InChI=1S/C16H17F2NO3S/c1-10-4-7-15(22-3)16(8-10)23(20,21)19-11(2)12-5-6-13(17)14(18)9-12/h4-9,11,19H,1-3H3/t11-/m0/s1. The summed E-state index contributed by atoms with van der Waals surface area (Å²) in [6.07, 6.45) is 0. The molecule has 23 heavy (non-hydrogen) atoms. The van der Waals surface area contributed by atoms with Gasteiger partial charge in [0.05, 0.1) is 7.11 Å². The highest BCUT2D eigenvalue weighted by Gasteiger charge is 2.23. The Morgan fingerprint density at radius 3 is 2.39 bits per heavy atom. The predicted molar refractivity (Wildman–Crippen MR) is 82.8 cm³/mol. The van der Waals surface area contributed by atoms with Crippen LogP contribution >= 0.6 is 0 Å². The fourth-order valence-electron chi connectivity index (χ4n) is 2.14. The van der Waals surface area contributed by atoms with Crippen LogP contribution in [0.25, 0.3) is 0 Å². The van der Waals surface area contributed by atoms with Gasteiger partial charge < -0.3 is 4.74 Å². The molecule has 0 radical (unpaired) electrons. The summed E-state index contributed by atoms with van der Waals surface area (Å²) in [5, 5.41) is 0. The van der Waals surface area contributed by atoms with Crippen LogP contribution in [0, 0.1) is 18.6 Å². The minimum absolute atomic E-state index is 0.00515. The van der Waals surface area contributed by atoms with Gasteiger partial charge in [0.15, 0.2) is 11.6 Å². The van der Waals surface area contributed by atoms with Crippen molar-refractivity contribution in [3.63, 3.8) is 0 Å². The van der Waals surface area contributed by atoms with Crippen LogP contribution in [0.4, 0.5) is 8.78 Å². The zero-order chi connectivity index (χ0) is 17.2. The lowest BCUT2D eigenvalue weighted by atomic mass is 10.1. The predicted octanol–water partition coefficient (Wildman–Crippen LogP) is 3.32. The second-order valence-electron chi connectivity index (χ2n) is 5.17. The van der Waals surface area contributed by atoms with Gasteiger partial charge in [0, 0.05) is 6.04 Å².